The van der Waals surface area contributed by atoms with Gasteiger partial charge in [0.2, 0.25) is 10.0 Å². The second kappa shape index (κ2) is 7.94. The molecule has 1 aliphatic heterocycles. The molecule has 24 heavy (non-hydrogen) atoms. The number of rotatable bonds is 5. The molecule has 1 aromatic carbocycles. The number of amides is 2. The van der Waals surface area contributed by atoms with Gasteiger partial charge >= 0.3 is 6.03 Å². The van der Waals surface area contributed by atoms with E-state index in [2.05, 4.69) is 10.6 Å². The summed E-state index contributed by atoms with van der Waals surface area (Å²) in [5.74, 6) is -0.406. The molecular formula is C16H24FN3O3S. The number of sulfonamides is 1. The molecule has 134 valence electrons. The van der Waals surface area contributed by atoms with Gasteiger partial charge in [-0.1, -0.05) is 6.42 Å². The van der Waals surface area contributed by atoms with Crippen molar-refractivity contribution in [2.24, 2.45) is 0 Å². The topological polar surface area (TPSA) is 78.5 Å². The van der Waals surface area contributed by atoms with Gasteiger partial charge in [-0.2, -0.15) is 4.31 Å². The first-order chi connectivity index (χ1) is 11.3. The highest BCUT2D eigenvalue weighted by atomic mass is 32.2. The Labute approximate surface area is 142 Å². The molecule has 0 spiro atoms. The van der Waals surface area contributed by atoms with Crippen LogP contribution in [0.2, 0.25) is 0 Å². The molecule has 8 heteroatoms. The zero-order valence-corrected chi connectivity index (χ0v) is 14.8. The Bertz CT molecular complexity index is 674. The van der Waals surface area contributed by atoms with Gasteiger partial charge in [-0.25, -0.2) is 17.6 Å². The zero-order chi connectivity index (χ0) is 17.7. The number of urea groups is 1. The van der Waals surface area contributed by atoms with E-state index in [4.69, 9.17) is 0 Å². The maximum absolute atomic E-state index is 13.3. The van der Waals surface area contributed by atoms with Crippen LogP contribution in [0.4, 0.5) is 14.9 Å². The minimum atomic E-state index is -3.22. The highest BCUT2D eigenvalue weighted by Crippen LogP contribution is 2.21. The predicted octanol–water partition coefficient (Wildman–Crippen LogP) is 2.46. The maximum Gasteiger partial charge on any atom is 0.319 e. The third kappa shape index (κ3) is 5.45. The number of hydrogen-bond acceptors (Lipinski definition) is 3. The summed E-state index contributed by atoms with van der Waals surface area (Å²) in [4.78, 5) is 11.9. The van der Waals surface area contributed by atoms with Crippen LogP contribution in [0.15, 0.2) is 18.2 Å². The summed E-state index contributed by atoms with van der Waals surface area (Å²) in [6.07, 6.45) is 4.45. The number of halogens is 1. The van der Waals surface area contributed by atoms with Crippen LogP contribution < -0.4 is 10.6 Å². The first-order valence-electron chi connectivity index (χ1n) is 8.04. The molecule has 1 aliphatic rings. The molecule has 2 amide bonds. The van der Waals surface area contributed by atoms with Crippen LogP contribution >= 0.6 is 0 Å². The predicted molar refractivity (Wildman–Crippen MR) is 92.0 cm³/mol. The van der Waals surface area contributed by atoms with Gasteiger partial charge in [-0.3, -0.25) is 0 Å². The number of carbonyl (C=O) groups excluding carboxylic acids is 1. The molecule has 0 saturated carbocycles. The van der Waals surface area contributed by atoms with Crippen molar-refractivity contribution in [2.45, 2.75) is 38.6 Å². The summed E-state index contributed by atoms with van der Waals surface area (Å²) in [6.45, 7) is 2.64. The first-order valence-corrected chi connectivity index (χ1v) is 9.89. The molecule has 0 bridgehead atoms. The number of carbonyl (C=O) groups is 1. The summed E-state index contributed by atoms with van der Waals surface area (Å²) < 4.78 is 38.4. The van der Waals surface area contributed by atoms with Crippen molar-refractivity contribution in [2.75, 3.05) is 24.7 Å². The quantitative estimate of drug-likeness (QED) is 0.850. The zero-order valence-electron chi connectivity index (χ0n) is 14.0. The van der Waals surface area contributed by atoms with Gasteiger partial charge in [0.1, 0.15) is 5.82 Å². The minimum absolute atomic E-state index is 0.0783. The van der Waals surface area contributed by atoms with Gasteiger partial charge in [-0.15, -0.1) is 0 Å². The molecule has 1 atom stereocenters. The molecule has 1 unspecified atom stereocenters. The average molecular weight is 357 g/mol. The van der Waals surface area contributed by atoms with Crippen LogP contribution in [0, 0.1) is 12.7 Å². The Morgan fingerprint density at radius 2 is 2.08 bits per heavy atom. The van der Waals surface area contributed by atoms with E-state index in [1.807, 2.05) is 0 Å². The Balaban J connectivity index is 1.83. The van der Waals surface area contributed by atoms with Crippen LogP contribution in [-0.4, -0.2) is 44.1 Å². The Morgan fingerprint density at radius 1 is 1.33 bits per heavy atom. The average Bonchev–Trinajstić information content (AvgIpc) is 2.45. The third-order valence-electron chi connectivity index (χ3n) is 4.06. The van der Waals surface area contributed by atoms with Gasteiger partial charge in [0.25, 0.3) is 0 Å². The number of piperidine rings is 1. The molecule has 1 heterocycles. The molecule has 0 aliphatic carbocycles. The Morgan fingerprint density at radius 3 is 2.75 bits per heavy atom. The lowest BCUT2D eigenvalue weighted by atomic mass is 10.0. The summed E-state index contributed by atoms with van der Waals surface area (Å²) >= 11 is 0. The van der Waals surface area contributed by atoms with Gasteiger partial charge in [0, 0.05) is 24.8 Å². The van der Waals surface area contributed by atoms with Crippen molar-refractivity contribution in [3.8, 4) is 0 Å². The first kappa shape index (κ1) is 18.7. The van der Waals surface area contributed by atoms with E-state index >= 15 is 0 Å². The summed E-state index contributed by atoms with van der Waals surface area (Å²) in [7, 11) is -3.22. The number of benzene rings is 1. The van der Waals surface area contributed by atoms with Crippen LogP contribution in [0.1, 0.15) is 31.2 Å². The van der Waals surface area contributed by atoms with E-state index < -0.39 is 21.9 Å². The monoisotopic (exact) mass is 357 g/mol. The smallest absolute Gasteiger partial charge is 0.319 e. The van der Waals surface area contributed by atoms with E-state index in [0.717, 1.165) is 24.8 Å². The largest absolute Gasteiger partial charge is 0.338 e. The molecule has 0 aromatic heterocycles. The molecule has 6 nitrogen and oxygen atoms in total. The van der Waals surface area contributed by atoms with Crippen molar-refractivity contribution in [1.82, 2.24) is 9.62 Å². The lowest BCUT2D eigenvalue weighted by Crippen LogP contribution is -2.44. The molecule has 1 fully saturated rings. The highest BCUT2D eigenvalue weighted by Gasteiger charge is 2.28. The van der Waals surface area contributed by atoms with Crippen molar-refractivity contribution in [3.63, 3.8) is 0 Å². The van der Waals surface area contributed by atoms with Gasteiger partial charge in [-0.05, 0) is 49.9 Å². The van der Waals surface area contributed by atoms with E-state index in [-0.39, 0.29) is 6.04 Å². The molecule has 1 aromatic rings. The SMILES string of the molecule is Cc1cc(F)cc(NC(=O)NCCC2CCCCN2S(C)(=O)=O)c1. The third-order valence-corrected chi connectivity index (χ3v) is 5.39. The molecule has 1 saturated heterocycles. The van der Waals surface area contributed by atoms with Crippen molar-refractivity contribution in [3.05, 3.63) is 29.6 Å². The maximum atomic E-state index is 13.3. The fourth-order valence-electron chi connectivity index (χ4n) is 3.04. The van der Waals surface area contributed by atoms with Crippen molar-refractivity contribution < 1.29 is 17.6 Å². The van der Waals surface area contributed by atoms with E-state index in [1.165, 1.54) is 22.7 Å². The van der Waals surface area contributed by atoms with Crippen LogP contribution in [0.5, 0.6) is 0 Å². The van der Waals surface area contributed by atoms with Gasteiger partial charge in [0.05, 0.1) is 6.26 Å². The highest BCUT2D eigenvalue weighted by molar-refractivity contribution is 7.88. The van der Waals surface area contributed by atoms with Gasteiger partial charge < -0.3 is 10.6 Å². The Hall–Kier alpha value is -1.67. The fraction of sp³-hybridized carbons (Fsp3) is 0.562. The normalized spacial score (nSPS) is 19.0. The lowest BCUT2D eigenvalue weighted by Gasteiger charge is -2.33. The summed E-state index contributed by atoms with van der Waals surface area (Å²) in [5.41, 5.74) is 1.11. The molecular weight excluding hydrogens is 333 g/mol. The van der Waals surface area contributed by atoms with Crippen LogP contribution in [-0.2, 0) is 10.0 Å². The second-order valence-corrected chi connectivity index (χ2v) is 8.15. The Kier molecular flexibility index (Phi) is 6.17. The number of nitrogens with one attached hydrogen (secondary N) is 2. The van der Waals surface area contributed by atoms with Gasteiger partial charge in [0.15, 0.2) is 0 Å². The van der Waals surface area contributed by atoms with Crippen molar-refractivity contribution in [1.29, 1.82) is 0 Å². The standard InChI is InChI=1S/C16H24FN3O3S/c1-12-9-13(17)11-14(10-12)19-16(21)18-7-6-15-5-3-4-8-20(15)24(2,22)23/h9-11,15H,3-8H2,1-2H3,(H2,18,19,21). The molecule has 2 N–H and O–H groups in total. The van der Waals surface area contributed by atoms with Crippen molar-refractivity contribution >= 4 is 21.7 Å². The van der Waals surface area contributed by atoms with E-state index in [9.17, 15) is 17.6 Å². The van der Waals surface area contributed by atoms with Crippen LogP contribution in [0.3, 0.4) is 0 Å². The van der Waals surface area contributed by atoms with E-state index in [1.54, 1.807) is 13.0 Å². The van der Waals surface area contributed by atoms with E-state index in [0.29, 0.717) is 25.2 Å². The lowest BCUT2D eigenvalue weighted by molar-refractivity contribution is 0.235. The second-order valence-electron chi connectivity index (χ2n) is 6.21. The fourth-order valence-corrected chi connectivity index (χ4v) is 4.25. The number of anilines is 1. The number of hydrogen-bond donors (Lipinski definition) is 2. The number of aryl methyl sites for hydroxylation is 1. The summed E-state index contributed by atoms with van der Waals surface area (Å²) in [6, 6.07) is 3.80. The number of nitrogens with zero attached hydrogens (tertiary/aromatic N) is 1. The summed E-state index contributed by atoms with van der Waals surface area (Å²) in [5, 5.41) is 5.28. The van der Waals surface area contributed by atoms with Crippen LogP contribution in [0.25, 0.3) is 0 Å². The molecule has 2 rings (SSSR count). The minimum Gasteiger partial charge on any atom is -0.338 e. The molecule has 0 radical (unpaired) electrons.